The molecule has 4 amide bonds. The number of alkyl halides is 1. The highest BCUT2D eigenvalue weighted by Gasteiger charge is 2.47. The number of halogens is 1. The quantitative estimate of drug-likeness (QED) is 0.0222. The molecule has 0 bridgehead atoms. The van der Waals surface area contributed by atoms with E-state index in [-0.39, 0.29) is 101 Å². The van der Waals surface area contributed by atoms with Crippen molar-refractivity contribution in [1.29, 1.82) is 0 Å². The van der Waals surface area contributed by atoms with Crippen molar-refractivity contribution in [3.8, 4) is 34.5 Å². The van der Waals surface area contributed by atoms with Gasteiger partial charge in [-0.1, -0.05) is 60.6 Å². The van der Waals surface area contributed by atoms with Gasteiger partial charge in [-0.3, -0.25) is 28.8 Å². The first kappa shape index (κ1) is 77.8. The summed E-state index contributed by atoms with van der Waals surface area (Å²) in [4.78, 5) is 60.8. The number of imide groups is 1. The number of aromatic nitrogens is 4. The maximum Gasteiger partial charge on any atom is 0.501 e. The highest BCUT2D eigenvalue weighted by atomic mass is 35.5. The number of anilines is 1. The summed E-state index contributed by atoms with van der Waals surface area (Å²) < 4.78 is 89.5. The van der Waals surface area contributed by atoms with E-state index in [9.17, 15) is 68.4 Å². The summed E-state index contributed by atoms with van der Waals surface area (Å²) in [6, 6.07) is 14.1. The van der Waals surface area contributed by atoms with Gasteiger partial charge in [0.1, 0.15) is 60.3 Å². The molecule has 31 nitrogen and oxygen atoms in total. The highest BCUT2D eigenvalue weighted by molar-refractivity contribution is 7.82. The molecule has 6 heterocycles. The van der Waals surface area contributed by atoms with Crippen LogP contribution in [0.25, 0.3) is 21.7 Å². The zero-order chi connectivity index (χ0) is 75.0. The van der Waals surface area contributed by atoms with Crippen LogP contribution in [0.3, 0.4) is 0 Å². The van der Waals surface area contributed by atoms with Crippen molar-refractivity contribution in [1.82, 2.24) is 29.8 Å². The summed E-state index contributed by atoms with van der Waals surface area (Å²) in [5.74, 6) is -3.62. The third kappa shape index (κ3) is 17.6. The zero-order valence-electron chi connectivity index (χ0n) is 58.9. The van der Waals surface area contributed by atoms with Crippen molar-refractivity contribution in [2.75, 3.05) is 91.3 Å². The van der Waals surface area contributed by atoms with Gasteiger partial charge in [-0.15, -0.1) is 25.1 Å². The lowest BCUT2D eigenvalue weighted by atomic mass is 9.88. The molecule has 4 aromatic carbocycles. The third-order valence-corrected chi connectivity index (χ3v) is 19.2. The van der Waals surface area contributed by atoms with Crippen LogP contribution in [0.4, 0.5) is 5.69 Å². The number of H-pyrrole nitrogens is 1. The fraction of sp³-hybridized carbons (Fsp3) is 0.543. The van der Waals surface area contributed by atoms with E-state index < -0.39 is 131 Å². The number of fused-ring (bicyclic) bond motifs is 4. The van der Waals surface area contributed by atoms with E-state index in [1.807, 2.05) is 47.7 Å². The predicted octanol–water partition coefficient (Wildman–Crippen LogP) is 3.35. The number of aliphatic hydroxyl groups excluding tert-OH is 8. The maximum absolute atomic E-state index is 15.0. The second-order valence-corrected chi connectivity index (χ2v) is 31.0. The number of aliphatic hydroxyl groups is 8. The second-order valence-electron chi connectivity index (χ2n) is 29.6. The van der Waals surface area contributed by atoms with Crippen LogP contribution in [0.1, 0.15) is 93.4 Å². The van der Waals surface area contributed by atoms with Crippen molar-refractivity contribution in [2.45, 2.75) is 136 Å². The molecule has 2 aromatic heterocycles. The molecule has 0 aliphatic carbocycles. The van der Waals surface area contributed by atoms with Gasteiger partial charge in [0.2, 0.25) is 12.6 Å². The number of carbonyl (C=O) groups excluding carboxylic acids is 4. The Hall–Kier alpha value is -7.80. The largest absolute Gasteiger partial charge is 0.501 e. The van der Waals surface area contributed by atoms with Crippen molar-refractivity contribution in [2.24, 2.45) is 21.7 Å². The summed E-state index contributed by atoms with van der Waals surface area (Å²) in [6.45, 7) is 16.3. The first-order valence-electron chi connectivity index (χ1n) is 33.3. The summed E-state index contributed by atoms with van der Waals surface area (Å²) >= 11 is 6.67. The zero-order valence-corrected chi connectivity index (χ0v) is 60.5. The van der Waals surface area contributed by atoms with E-state index in [2.05, 4.69) is 29.1 Å². The normalized spacial score (nSPS) is 23.4. The Labute approximate surface area is 599 Å². The molecule has 1 unspecified atom stereocenters. The SMILES string of the molecule is COc1ccc2c(OS(=O)(=O)Oc3cc(C(=O)N(C)CC(C)(C)COCC(C)(C)Cn4cc(CC(C)(C)COCC(C)(C)CN5C(=O)C=CC5=O)nn4)ccc3O[C@@H]3O[C@H](CO)[C@H](O)[C@H](O)[C@H]3O)cc3c(c2c1)[C@H](CCl)CN3C(=O)c1cc2ccc(OC3O[C@H](CO)[C@H](O)[C@H](O)[C@H]3O)c(OC)c2[nH]1. The number of benzene rings is 4. The molecule has 4 aliphatic rings. The molecular weight excluding hydrogens is 1390 g/mol. The van der Waals surface area contributed by atoms with Crippen LogP contribution in [0, 0.1) is 21.7 Å². The Morgan fingerprint density at radius 2 is 1.26 bits per heavy atom. The van der Waals surface area contributed by atoms with E-state index in [0.717, 1.165) is 17.8 Å². The van der Waals surface area contributed by atoms with Crippen LogP contribution in [-0.2, 0) is 51.9 Å². The van der Waals surface area contributed by atoms with E-state index in [0.29, 0.717) is 48.3 Å². The minimum absolute atomic E-state index is 0.00883. The highest BCUT2D eigenvalue weighted by Crippen LogP contribution is 2.48. The lowest BCUT2D eigenvalue weighted by Crippen LogP contribution is -2.60. The maximum atomic E-state index is 15.0. The Balaban J connectivity index is 0.845. The molecule has 0 saturated carbocycles. The smallest absolute Gasteiger partial charge is 0.497 e. The molecule has 9 N–H and O–H groups in total. The fourth-order valence-corrected chi connectivity index (χ4v) is 14.0. The van der Waals surface area contributed by atoms with Gasteiger partial charge < -0.3 is 102 Å². The van der Waals surface area contributed by atoms with Gasteiger partial charge >= 0.3 is 10.4 Å². The van der Waals surface area contributed by atoms with Crippen molar-refractivity contribution < 1.29 is 115 Å². The van der Waals surface area contributed by atoms with Gasteiger partial charge in [-0.25, -0.2) is 0 Å². The average Bonchev–Trinajstić information content (AvgIpc) is 1.61. The minimum Gasteiger partial charge on any atom is -0.497 e. The molecule has 2 fully saturated rings. The Kier molecular flexibility index (Phi) is 23.5. The van der Waals surface area contributed by atoms with Crippen LogP contribution in [0.2, 0.25) is 0 Å². The van der Waals surface area contributed by atoms with Crippen LogP contribution in [-0.4, -0.2) is 251 Å². The number of hydrogen-bond donors (Lipinski definition) is 9. The van der Waals surface area contributed by atoms with Gasteiger partial charge in [0.15, 0.2) is 28.7 Å². The monoisotopic (exact) mass is 1480 g/mol. The standard InChI is InChI=1S/C70H90ClN7O24S/c1-67(2,33-95-36-70(7,8)32-78-52(81)18-19-53(78)82)24-40-27-76(74-73-40)31-69(5,6)35-96-34-68(3,4)30-75(9)63(89)38-13-16-46(97-65-60(87)58(85)56(83)50(28-79)99-65)49(21-38)102-103(91,92)101-48-23-45-54(43-22-41(93-10)14-15-42(43)48)39(25-71)26-77(45)64(90)44-20-37-12-17-47(62(94-11)55(37)72-44)98-66-61(88)59(86)57(84)51(29-80)100-66/h12-23,27,39,50-51,56-61,65-66,72,79-80,83-88H,24-26,28-36H2,1-11H3/t39-,50-,51-,56+,57+,58+,59+,60-,61-,65-,66?/m1/s1. The number of amides is 4. The van der Waals surface area contributed by atoms with E-state index >= 15 is 0 Å². The predicted molar refractivity (Wildman–Crippen MR) is 369 cm³/mol. The first-order valence-corrected chi connectivity index (χ1v) is 35.1. The van der Waals surface area contributed by atoms with Gasteiger partial charge in [-0.05, 0) is 71.0 Å². The first-order chi connectivity index (χ1) is 48.5. The minimum atomic E-state index is -5.38. The van der Waals surface area contributed by atoms with Gasteiger partial charge in [0, 0.05) is 108 Å². The van der Waals surface area contributed by atoms with Gasteiger partial charge in [-0.2, -0.15) is 0 Å². The number of ether oxygens (including phenoxy) is 8. The average molecular weight is 1480 g/mol. The van der Waals surface area contributed by atoms with Gasteiger partial charge in [0.25, 0.3) is 23.6 Å². The molecule has 0 radical (unpaired) electrons. The topological polar surface area (TPSA) is 413 Å². The number of nitrogens with zero attached hydrogens (tertiary/aromatic N) is 6. The van der Waals surface area contributed by atoms with Crippen molar-refractivity contribution in [3.63, 3.8) is 0 Å². The molecule has 4 aliphatic heterocycles. The van der Waals surface area contributed by atoms with E-state index in [4.69, 9.17) is 57.9 Å². The Bertz CT molecular complexity index is 4220. The number of rotatable bonds is 31. The van der Waals surface area contributed by atoms with Crippen LogP contribution < -0.4 is 32.2 Å². The summed E-state index contributed by atoms with van der Waals surface area (Å²) in [5, 5.41) is 93.5. The number of carbonyl (C=O) groups is 4. The molecule has 6 aromatic rings. The molecular formula is C70H90ClN7O24S. The van der Waals surface area contributed by atoms with Crippen LogP contribution in [0.5, 0.6) is 34.5 Å². The number of hydrogen-bond acceptors (Lipinski definition) is 26. The molecule has 562 valence electrons. The lowest BCUT2D eigenvalue weighted by Gasteiger charge is -2.39. The number of methoxy groups -OCH3 is 2. The second kappa shape index (κ2) is 31.1. The molecule has 0 spiro atoms. The molecule has 10 rings (SSSR count). The van der Waals surface area contributed by atoms with Gasteiger partial charge in [0.05, 0.1) is 70.8 Å². The summed E-state index contributed by atoms with van der Waals surface area (Å²) in [6.07, 6.45) is -12.0. The van der Waals surface area contributed by atoms with Crippen molar-refractivity contribution >= 4 is 73.0 Å². The fourth-order valence-electron chi connectivity index (χ4n) is 13.1. The third-order valence-electron chi connectivity index (χ3n) is 18.1. The number of nitrogens with one attached hydrogen (secondary N) is 1. The Morgan fingerprint density at radius 1 is 0.680 bits per heavy atom. The van der Waals surface area contributed by atoms with E-state index in [1.54, 1.807) is 22.9 Å². The van der Waals surface area contributed by atoms with E-state index in [1.165, 1.54) is 78.5 Å². The van der Waals surface area contributed by atoms with Crippen LogP contribution >= 0.6 is 11.6 Å². The van der Waals surface area contributed by atoms with Crippen LogP contribution in [0.15, 0.2) is 79.0 Å². The molecule has 33 heteroatoms. The van der Waals surface area contributed by atoms with Crippen molar-refractivity contribution in [3.05, 3.63) is 102 Å². The molecule has 103 heavy (non-hydrogen) atoms. The molecule has 2 saturated heterocycles. The summed E-state index contributed by atoms with van der Waals surface area (Å²) in [7, 11) is -1.09. The molecule has 11 atom stereocenters. The number of aromatic amines is 1. The Morgan fingerprint density at radius 3 is 1.86 bits per heavy atom. The summed E-state index contributed by atoms with van der Waals surface area (Å²) in [5.41, 5.74) is -0.326. The lowest BCUT2D eigenvalue weighted by molar-refractivity contribution is -0.277.